The monoisotopic (exact) mass is 364 g/mol. The number of aromatic nitrogens is 2. The van der Waals surface area contributed by atoms with Crippen LogP contribution in [-0.4, -0.2) is 39.0 Å². The van der Waals surface area contributed by atoms with E-state index >= 15 is 0 Å². The van der Waals surface area contributed by atoms with Gasteiger partial charge in [-0.1, -0.05) is 35.5 Å². The molecule has 0 N–H and O–H groups in total. The average Bonchev–Trinajstić information content (AvgIpc) is 3.32. The van der Waals surface area contributed by atoms with Crippen LogP contribution < -0.4 is 0 Å². The summed E-state index contributed by atoms with van der Waals surface area (Å²) in [6.45, 7) is 4.96. The van der Waals surface area contributed by atoms with Crippen LogP contribution in [0.1, 0.15) is 40.5 Å². The zero-order valence-corrected chi connectivity index (χ0v) is 15.7. The van der Waals surface area contributed by atoms with E-state index in [1.54, 1.807) is 6.07 Å². The molecule has 3 heterocycles. The smallest absolute Gasteiger partial charge is 0.276 e. The molecule has 6 heteroatoms. The van der Waals surface area contributed by atoms with Crippen LogP contribution in [0.5, 0.6) is 0 Å². The third-order valence-electron chi connectivity index (χ3n) is 5.10. The van der Waals surface area contributed by atoms with Gasteiger partial charge in [-0.05, 0) is 31.7 Å². The standard InChI is InChI=1S/C21H24N4O2/c1-16-20-9-6-10-24(20)11-12-25(16)21(26)19-13-18(27-22-19)15-23(2)14-17-7-4-3-5-8-17/h3-10,13,16H,11-12,14-15H2,1-2H3/t16-/m0/s1. The Labute approximate surface area is 159 Å². The molecule has 6 nitrogen and oxygen atoms in total. The number of benzene rings is 1. The first kappa shape index (κ1) is 17.5. The highest BCUT2D eigenvalue weighted by atomic mass is 16.5. The van der Waals surface area contributed by atoms with Gasteiger partial charge in [-0.2, -0.15) is 0 Å². The third-order valence-corrected chi connectivity index (χ3v) is 5.10. The average molecular weight is 364 g/mol. The zero-order valence-electron chi connectivity index (χ0n) is 15.7. The quantitative estimate of drug-likeness (QED) is 0.697. The highest BCUT2D eigenvalue weighted by molar-refractivity contribution is 5.92. The van der Waals surface area contributed by atoms with E-state index in [0.29, 0.717) is 24.5 Å². The van der Waals surface area contributed by atoms with Crippen LogP contribution in [0.15, 0.2) is 59.3 Å². The molecule has 1 amide bonds. The number of carbonyl (C=O) groups is 1. The molecule has 0 saturated heterocycles. The lowest BCUT2D eigenvalue weighted by Gasteiger charge is -2.34. The number of hydrogen-bond acceptors (Lipinski definition) is 4. The topological polar surface area (TPSA) is 54.5 Å². The number of amides is 1. The molecular formula is C21H24N4O2. The van der Waals surface area contributed by atoms with Crippen molar-refractivity contribution in [3.63, 3.8) is 0 Å². The molecule has 1 aliphatic heterocycles. The summed E-state index contributed by atoms with van der Waals surface area (Å²) in [5.41, 5.74) is 2.77. The zero-order chi connectivity index (χ0) is 18.8. The van der Waals surface area contributed by atoms with Crippen molar-refractivity contribution >= 4 is 5.91 Å². The Kier molecular flexibility index (Phi) is 4.81. The lowest BCUT2D eigenvalue weighted by Crippen LogP contribution is -2.40. The number of nitrogens with zero attached hydrogens (tertiary/aromatic N) is 4. The largest absolute Gasteiger partial charge is 0.359 e. The Morgan fingerprint density at radius 1 is 1.19 bits per heavy atom. The molecule has 0 spiro atoms. The third kappa shape index (κ3) is 3.66. The molecule has 1 aliphatic rings. The summed E-state index contributed by atoms with van der Waals surface area (Å²) in [4.78, 5) is 16.9. The minimum atomic E-state index is -0.0735. The number of carbonyl (C=O) groups excluding carboxylic acids is 1. The summed E-state index contributed by atoms with van der Waals surface area (Å²) >= 11 is 0. The number of rotatable bonds is 5. The second kappa shape index (κ2) is 7.40. The maximum Gasteiger partial charge on any atom is 0.276 e. The van der Waals surface area contributed by atoms with Crippen molar-refractivity contribution in [3.8, 4) is 0 Å². The SMILES string of the molecule is C[C@H]1c2cccn2CCN1C(=O)c1cc(CN(C)Cc2ccccc2)on1. The van der Waals surface area contributed by atoms with Crippen LogP contribution in [0, 0.1) is 0 Å². The molecule has 1 atom stereocenters. The van der Waals surface area contributed by atoms with E-state index < -0.39 is 0 Å². The molecule has 0 unspecified atom stereocenters. The van der Waals surface area contributed by atoms with E-state index in [1.807, 2.05) is 36.2 Å². The van der Waals surface area contributed by atoms with E-state index in [0.717, 1.165) is 18.8 Å². The summed E-state index contributed by atoms with van der Waals surface area (Å²) in [6.07, 6.45) is 2.06. The van der Waals surface area contributed by atoms with Crippen LogP contribution >= 0.6 is 0 Å². The Bertz CT molecular complexity index is 915. The molecule has 4 rings (SSSR count). The van der Waals surface area contributed by atoms with Crippen molar-refractivity contribution in [2.24, 2.45) is 0 Å². The van der Waals surface area contributed by atoms with Crippen molar-refractivity contribution < 1.29 is 9.32 Å². The van der Waals surface area contributed by atoms with Gasteiger partial charge in [0.1, 0.15) is 0 Å². The van der Waals surface area contributed by atoms with Crippen molar-refractivity contribution in [2.45, 2.75) is 32.6 Å². The molecule has 0 radical (unpaired) electrons. The van der Waals surface area contributed by atoms with Gasteiger partial charge in [0.05, 0.1) is 12.6 Å². The van der Waals surface area contributed by atoms with Gasteiger partial charge in [-0.25, -0.2) is 0 Å². The second-order valence-electron chi connectivity index (χ2n) is 7.14. The number of hydrogen-bond donors (Lipinski definition) is 0. The van der Waals surface area contributed by atoms with Crippen molar-refractivity contribution in [1.29, 1.82) is 0 Å². The minimum Gasteiger partial charge on any atom is -0.359 e. The van der Waals surface area contributed by atoms with Gasteiger partial charge in [-0.3, -0.25) is 9.69 Å². The van der Waals surface area contributed by atoms with Gasteiger partial charge in [0, 0.05) is 37.6 Å². The summed E-state index contributed by atoms with van der Waals surface area (Å²) in [5, 5.41) is 4.03. The molecular weight excluding hydrogens is 340 g/mol. The summed E-state index contributed by atoms with van der Waals surface area (Å²) in [6, 6.07) is 16.2. The molecule has 0 aliphatic carbocycles. The molecule has 140 valence electrons. The fourth-order valence-corrected chi connectivity index (χ4v) is 3.71. The first-order valence-corrected chi connectivity index (χ1v) is 9.26. The Hall–Kier alpha value is -2.86. The fraction of sp³-hybridized carbons (Fsp3) is 0.333. The van der Waals surface area contributed by atoms with Gasteiger partial charge < -0.3 is 14.0 Å². The van der Waals surface area contributed by atoms with Crippen molar-refractivity contribution in [1.82, 2.24) is 19.5 Å². The van der Waals surface area contributed by atoms with E-state index in [2.05, 4.69) is 45.9 Å². The van der Waals surface area contributed by atoms with E-state index in [9.17, 15) is 4.79 Å². The van der Waals surface area contributed by atoms with Gasteiger partial charge >= 0.3 is 0 Å². The van der Waals surface area contributed by atoms with Gasteiger partial charge in [0.2, 0.25) is 0 Å². The van der Waals surface area contributed by atoms with Crippen LogP contribution in [0.2, 0.25) is 0 Å². The van der Waals surface area contributed by atoms with Gasteiger partial charge in [-0.15, -0.1) is 0 Å². The first-order valence-electron chi connectivity index (χ1n) is 9.26. The van der Waals surface area contributed by atoms with Crippen LogP contribution in [-0.2, 0) is 19.6 Å². The normalized spacial score (nSPS) is 16.6. The highest BCUT2D eigenvalue weighted by Crippen LogP contribution is 2.26. The predicted molar refractivity (Wildman–Crippen MR) is 102 cm³/mol. The van der Waals surface area contributed by atoms with Crippen LogP contribution in [0.3, 0.4) is 0 Å². The first-order chi connectivity index (χ1) is 13.1. The van der Waals surface area contributed by atoms with Crippen molar-refractivity contribution in [2.75, 3.05) is 13.6 Å². The molecule has 27 heavy (non-hydrogen) atoms. The molecule has 3 aromatic rings. The maximum absolute atomic E-state index is 12.9. The van der Waals surface area contributed by atoms with E-state index in [1.165, 1.54) is 5.56 Å². The van der Waals surface area contributed by atoms with E-state index in [-0.39, 0.29) is 11.9 Å². The highest BCUT2D eigenvalue weighted by Gasteiger charge is 2.29. The second-order valence-corrected chi connectivity index (χ2v) is 7.14. The molecule has 0 bridgehead atoms. The van der Waals surface area contributed by atoms with E-state index in [4.69, 9.17) is 4.52 Å². The fourth-order valence-electron chi connectivity index (χ4n) is 3.71. The van der Waals surface area contributed by atoms with Gasteiger partial charge in [0.15, 0.2) is 11.5 Å². The molecule has 1 aromatic carbocycles. The van der Waals surface area contributed by atoms with Gasteiger partial charge in [0.25, 0.3) is 5.91 Å². The summed E-state index contributed by atoms with van der Waals surface area (Å²) in [7, 11) is 2.03. The number of fused-ring (bicyclic) bond motifs is 1. The Balaban J connectivity index is 1.41. The maximum atomic E-state index is 12.9. The van der Waals surface area contributed by atoms with Crippen LogP contribution in [0.25, 0.3) is 0 Å². The molecule has 0 fully saturated rings. The summed E-state index contributed by atoms with van der Waals surface area (Å²) in [5.74, 6) is 0.625. The molecule has 0 saturated carbocycles. The van der Waals surface area contributed by atoms with Crippen LogP contribution in [0.4, 0.5) is 0 Å². The van der Waals surface area contributed by atoms with Crippen molar-refractivity contribution in [3.05, 3.63) is 77.4 Å². The Morgan fingerprint density at radius 2 is 2.00 bits per heavy atom. The predicted octanol–water partition coefficient (Wildman–Crippen LogP) is 3.33. The lowest BCUT2D eigenvalue weighted by atomic mass is 10.1. The minimum absolute atomic E-state index is 0.0298. The Morgan fingerprint density at radius 3 is 2.81 bits per heavy atom. The molecule has 2 aromatic heterocycles. The lowest BCUT2D eigenvalue weighted by molar-refractivity contribution is 0.0633. The summed E-state index contributed by atoms with van der Waals surface area (Å²) < 4.78 is 7.63.